The summed E-state index contributed by atoms with van der Waals surface area (Å²) in [5.41, 5.74) is -14.1. The van der Waals surface area contributed by atoms with Gasteiger partial charge in [-0.15, -0.1) is 21.9 Å². The molecular formula is C44H16BF20NO4S. The van der Waals surface area contributed by atoms with E-state index in [1.807, 2.05) is 12.1 Å². The average Bonchev–Trinajstić information content (AvgIpc) is 3.36. The molecule has 0 unspecified atom stereocenters. The van der Waals surface area contributed by atoms with Crippen LogP contribution in [0.3, 0.4) is 0 Å². The highest BCUT2D eigenvalue weighted by Gasteiger charge is 2.52. The topological polar surface area (TPSA) is 77.3 Å². The molecule has 27 heteroatoms. The van der Waals surface area contributed by atoms with Crippen LogP contribution >= 0.6 is 0 Å². The van der Waals surface area contributed by atoms with E-state index in [-0.39, 0.29) is 17.2 Å². The maximum absolute atomic E-state index is 15.4. The summed E-state index contributed by atoms with van der Waals surface area (Å²) in [5.74, 6) is -71.9. The summed E-state index contributed by atoms with van der Waals surface area (Å²) >= 11 is 0. The van der Waals surface area contributed by atoms with Gasteiger partial charge in [0.25, 0.3) is 5.69 Å². The molecule has 0 radical (unpaired) electrons. The van der Waals surface area contributed by atoms with Gasteiger partial charge < -0.3 is 0 Å². The fourth-order valence-corrected chi connectivity index (χ4v) is 9.83. The minimum atomic E-state index is -7.22. The Labute approximate surface area is 383 Å². The van der Waals surface area contributed by atoms with E-state index in [0.29, 0.717) is 15.4 Å². The Morgan fingerprint density at radius 3 is 0.831 bits per heavy atom. The number of non-ortho nitro benzene ring substituents is 1. The molecule has 0 atom stereocenters. The second-order valence-corrected chi connectivity index (χ2v) is 17.1. The molecule has 7 rings (SSSR count). The number of nitro groups is 1. The summed E-state index contributed by atoms with van der Waals surface area (Å²) in [4.78, 5) is 24.1. The van der Waals surface area contributed by atoms with Crippen LogP contribution in [0.5, 0.6) is 0 Å². The normalized spacial score (nSPS) is 11.7. The number of benzene rings is 7. The molecule has 0 fully saturated rings. The van der Waals surface area contributed by atoms with Crippen LogP contribution in [-0.2, 0) is 14.1 Å². The first-order valence-corrected chi connectivity index (χ1v) is 20.6. The van der Waals surface area contributed by atoms with Gasteiger partial charge in [0.2, 0.25) is 5.78 Å². The first-order chi connectivity index (χ1) is 33.2. The van der Waals surface area contributed by atoms with E-state index < -0.39 is 159 Å². The Hall–Kier alpha value is -7.58. The number of halogens is 20. The number of rotatable bonds is 10. The summed E-state index contributed by atoms with van der Waals surface area (Å²) in [5, 5.41) is 10.8. The monoisotopic (exact) mass is 1050 g/mol. The van der Waals surface area contributed by atoms with E-state index in [4.69, 9.17) is 0 Å². The van der Waals surface area contributed by atoms with Crippen molar-refractivity contribution in [1.82, 2.24) is 0 Å². The van der Waals surface area contributed by atoms with Crippen LogP contribution in [0.25, 0.3) is 0 Å². The van der Waals surface area contributed by atoms with Gasteiger partial charge in [0.05, 0.1) is 4.92 Å². The molecule has 0 N–H and O–H groups in total. The highest BCUT2D eigenvalue weighted by molar-refractivity contribution is 8.03. The lowest BCUT2D eigenvalue weighted by Gasteiger charge is -2.44. The Kier molecular flexibility index (Phi) is 14.6. The highest BCUT2D eigenvalue weighted by Crippen LogP contribution is 2.33. The van der Waals surface area contributed by atoms with Crippen LogP contribution in [0.1, 0.15) is 10.4 Å². The first kappa shape index (κ1) is 52.8. The summed E-state index contributed by atoms with van der Waals surface area (Å²) < 4.78 is 308. The second kappa shape index (κ2) is 19.7. The van der Waals surface area contributed by atoms with Gasteiger partial charge in [-0.05, 0) is 36.4 Å². The number of nitrogens with zero attached hydrogens (tertiary/aromatic N) is 1. The zero-order valence-corrected chi connectivity index (χ0v) is 34.7. The number of carbonyl (C=O) groups excluding carboxylic acids is 1. The molecule has 0 saturated carbocycles. The standard InChI is InChI=1S/C24BF20.C20H16NO4S/c26-5-1(6(27)14(35)21(42)13(5)34)25(2-7(28)15(36)22(43)16(37)8(2)29,3-9(30)17(38)23(44)18(39)10(3)31)4-11(32)19(40)24(45)20(41)12(4)33;22-20(16-11-13-17(14-12-16)21(23)24)15-26(25,18-7-3-1-4-8-18)19-9-5-2-6-10-19/h;1-14H,15H2/q-1;+1. The van der Waals surface area contributed by atoms with Crippen molar-refractivity contribution < 1.29 is 102 Å². The molecule has 5 nitrogen and oxygen atoms in total. The Morgan fingerprint density at radius 1 is 0.380 bits per heavy atom. The summed E-state index contributed by atoms with van der Waals surface area (Å²) in [6.07, 6.45) is -7.22. The SMILES string of the molecule is Fc1c(F)c(F)c([B-](c2c(F)c(F)c(F)c(F)c2F)(c2c(F)c(F)c(F)c(F)c2F)c2c(F)c(F)c(F)c(F)c2F)c(F)c1F.O=C(C[S+](=O)(c1ccccc1)c1ccccc1)c1ccc([N+](=O)[O-])cc1. The molecular weight excluding hydrogens is 1030 g/mol. The molecule has 370 valence electrons. The molecule has 0 amide bonds. The fraction of sp³-hybridized carbons (Fsp3) is 0.0227. The van der Waals surface area contributed by atoms with Gasteiger partial charge >= 0.3 is 0 Å². The molecule has 0 saturated heterocycles. The van der Waals surface area contributed by atoms with Crippen molar-refractivity contribution in [3.63, 3.8) is 0 Å². The highest BCUT2D eigenvalue weighted by atomic mass is 32.2. The quantitative estimate of drug-likeness (QED) is 0.0200. The van der Waals surface area contributed by atoms with Crippen LogP contribution in [0.2, 0.25) is 0 Å². The van der Waals surface area contributed by atoms with Crippen LogP contribution in [0.4, 0.5) is 93.5 Å². The lowest BCUT2D eigenvalue weighted by molar-refractivity contribution is -0.384. The molecule has 7 aromatic rings. The number of hydrogen-bond acceptors (Lipinski definition) is 4. The number of ketones is 1. The van der Waals surface area contributed by atoms with Gasteiger partial charge in [0, 0.05) is 17.7 Å². The van der Waals surface area contributed by atoms with Crippen LogP contribution < -0.4 is 21.9 Å². The third-order valence-electron chi connectivity index (χ3n) is 10.7. The predicted octanol–water partition coefficient (Wildman–Crippen LogP) is 10.2. The minimum absolute atomic E-state index is 0.0894. The first-order valence-electron chi connectivity index (χ1n) is 18.8. The van der Waals surface area contributed by atoms with Crippen molar-refractivity contribution in [3.05, 3.63) is 217 Å². The molecule has 0 heterocycles. The maximum atomic E-state index is 15.4. The minimum Gasteiger partial charge on any atom is -0.289 e. The largest absolute Gasteiger partial charge is 0.289 e. The molecule has 0 aliphatic carbocycles. The zero-order valence-electron chi connectivity index (χ0n) is 33.9. The molecule has 0 aromatic heterocycles. The molecule has 0 aliphatic heterocycles. The van der Waals surface area contributed by atoms with E-state index >= 15 is 35.1 Å². The lowest BCUT2D eigenvalue weighted by atomic mass is 9.12. The van der Waals surface area contributed by atoms with Gasteiger partial charge in [-0.3, -0.25) is 14.9 Å². The predicted molar refractivity (Wildman–Crippen MR) is 209 cm³/mol. The zero-order chi connectivity index (χ0) is 52.9. The Bertz CT molecular complexity index is 2940. The van der Waals surface area contributed by atoms with Crippen molar-refractivity contribution in [1.29, 1.82) is 0 Å². The third-order valence-corrected chi connectivity index (χ3v) is 13.4. The van der Waals surface area contributed by atoms with Crippen molar-refractivity contribution >= 4 is 49.4 Å². The number of Topliss-reactive ketones (excluding diaryl/α,β-unsaturated/α-hetero) is 1. The van der Waals surface area contributed by atoms with Crippen LogP contribution in [0.15, 0.2) is 94.7 Å². The molecule has 0 spiro atoms. The molecule has 7 aromatic carbocycles. The number of carbonyl (C=O) groups is 1. The van der Waals surface area contributed by atoms with Gasteiger partial charge in [0.15, 0.2) is 95.3 Å². The van der Waals surface area contributed by atoms with Crippen LogP contribution in [0, 0.1) is 126 Å². The summed E-state index contributed by atoms with van der Waals surface area (Å²) in [6.45, 7) is 0. The number of nitro benzene ring substituents is 1. The summed E-state index contributed by atoms with van der Waals surface area (Å²) in [6, 6.07) is 23.1. The smallest absolute Gasteiger partial charge is 0.269 e. The Morgan fingerprint density at radius 2 is 0.606 bits per heavy atom. The van der Waals surface area contributed by atoms with Crippen molar-refractivity contribution in [2.24, 2.45) is 0 Å². The van der Waals surface area contributed by atoms with E-state index in [9.17, 15) is 71.8 Å². The average molecular weight is 1050 g/mol. The molecule has 71 heavy (non-hydrogen) atoms. The fourth-order valence-electron chi connectivity index (χ4n) is 7.49. The van der Waals surface area contributed by atoms with Crippen molar-refractivity contribution in [3.8, 4) is 0 Å². The van der Waals surface area contributed by atoms with Gasteiger partial charge in [0.1, 0.15) is 52.7 Å². The van der Waals surface area contributed by atoms with E-state index in [1.54, 1.807) is 48.5 Å². The van der Waals surface area contributed by atoms with Gasteiger partial charge in [-0.25, -0.2) is 87.8 Å². The molecule has 0 aliphatic rings. The number of hydrogen-bond donors (Lipinski definition) is 0. The molecule has 0 bridgehead atoms. The summed E-state index contributed by atoms with van der Waals surface area (Å²) in [7, 11) is -2.80. The van der Waals surface area contributed by atoms with E-state index in [1.165, 1.54) is 24.3 Å². The van der Waals surface area contributed by atoms with E-state index in [2.05, 4.69) is 0 Å². The Balaban J connectivity index is 0.000000268. The second-order valence-electron chi connectivity index (χ2n) is 14.5. The van der Waals surface area contributed by atoms with Crippen molar-refractivity contribution in [2.75, 3.05) is 5.75 Å². The van der Waals surface area contributed by atoms with Crippen LogP contribution in [-0.4, -0.2) is 22.6 Å². The third kappa shape index (κ3) is 8.53. The lowest BCUT2D eigenvalue weighted by Crippen LogP contribution is -2.81. The maximum Gasteiger partial charge on any atom is 0.269 e. The van der Waals surface area contributed by atoms with Gasteiger partial charge in [-0.1, -0.05) is 40.6 Å². The van der Waals surface area contributed by atoms with Crippen molar-refractivity contribution in [2.45, 2.75) is 9.79 Å². The van der Waals surface area contributed by atoms with E-state index in [0.717, 1.165) is 0 Å². The van der Waals surface area contributed by atoms with Gasteiger partial charge in [-0.2, -0.15) is 0 Å².